The highest BCUT2D eigenvalue weighted by atomic mass is 32.1. The molecule has 0 bridgehead atoms. The van der Waals surface area contributed by atoms with Crippen molar-refractivity contribution in [1.29, 1.82) is 0 Å². The Kier molecular flexibility index (Phi) is 5.80. The summed E-state index contributed by atoms with van der Waals surface area (Å²) in [7, 11) is 0. The SMILES string of the molecule is CCONc1cccc(-c2cc3nc(-c4cnc(N)nc4)nc(N4CCOCC4)c3s2)c1. The van der Waals surface area contributed by atoms with E-state index in [1.807, 2.05) is 19.1 Å². The molecule has 1 saturated heterocycles. The number of aromatic nitrogens is 4. The van der Waals surface area contributed by atoms with Crippen LogP contribution in [0.3, 0.4) is 0 Å². The molecule has 0 saturated carbocycles. The molecule has 0 amide bonds. The number of hydrogen-bond donors (Lipinski definition) is 2. The normalized spacial score (nSPS) is 14.1. The molecule has 0 unspecified atom stereocenters. The number of anilines is 3. The second kappa shape index (κ2) is 9.03. The van der Waals surface area contributed by atoms with Gasteiger partial charge in [0.1, 0.15) is 0 Å². The van der Waals surface area contributed by atoms with Gasteiger partial charge in [-0.2, -0.15) is 0 Å². The van der Waals surface area contributed by atoms with E-state index in [4.69, 9.17) is 25.3 Å². The molecule has 4 aromatic rings. The van der Waals surface area contributed by atoms with Crippen LogP contribution in [-0.2, 0) is 9.57 Å². The largest absolute Gasteiger partial charge is 0.378 e. The van der Waals surface area contributed by atoms with Gasteiger partial charge in [-0.05, 0) is 30.7 Å². The maximum Gasteiger partial charge on any atom is 0.219 e. The van der Waals surface area contributed by atoms with Crippen molar-refractivity contribution in [2.45, 2.75) is 6.92 Å². The molecule has 5 rings (SSSR count). The van der Waals surface area contributed by atoms with Crippen LogP contribution in [0.2, 0.25) is 0 Å². The fraction of sp³-hybridized carbons (Fsp3) is 0.273. The fourth-order valence-corrected chi connectivity index (χ4v) is 4.63. The number of nitrogens with zero attached hydrogens (tertiary/aromatic N) is 5. The van der Waals surface area contributed by atoms with Crippen LogP contribution in [0.15, 0.2) is 42.7 Å². The highest BCUT2D eigenvalue weighted by Gasteiger charge is 2.21. The highest BCUT2D eigenvalue weighted by Crippen LogP contribution is 2.39. The molecule has 0 radical (unpaired) electrons. The van der Waals surface area contributed by atoms with Gasteiger partial charge < -0.3 is 15.4 Å². The summed E-state index contributed by atoms with van der Waals surface area (Å²) in [6, 6.07) is 10.2. The van der Waals surface area contributed by atoms with E-state index in [2.05, 4.69) is 38.5 Å². The molecule has 0 atom stereocenters. The van der Waals surface area contributed by atoms with Crippen LogP contribution < -0.4 is 16.1 Å². The van der Waals surface area contributed by atoms with Gasteiger partial charge >= 0.3 is 0 Å². The zero-order valence-electron chi connectivity index (χ0n) is 17.6. The number of rotatable bonds is 6. The van der Waals surface area contributed by atoms with Gasteiger partial charge in [-0.25, -0.2) is 19.9 Å². The van der Waals surface area contributed by atoms with Crippen LogP contribution in [0.4, 0.5) is 17.5 Å². The van der Waals surface area contributed by atoms with Gasteiger partial charge in [0, 0.05) is 30.4 Å². The van der Waals surface area contributed by atoms with Crippen molar-refractivity contribution >= 4 is 39.0 Å². The van der Waals surface area contributed by atoms with Crippen LogP contribution in [0.1, 0.15) is 6.92 Å². The average molecular weight is 450 g/mol. The fourth-order valence-electron chi connectivity index (χ4n) is 3.52. The molecule has 1 aliphatic heterocycles. The maximum atomic E-state index is 5.65. The quantitative estimate of drug-likeness (QED) is 0.426. The van der Waals surface area contributed by atoms with Gasteiger partial charge in [0.25, 0.3) is 0 Å². The summed E-state index contributed by atoms with van der Waals surface area (Å²) in [5.74, 6) is 1.71. The molecule has 3 aromatic heterocycles. The molecule has 1 aromatic carbocycles. The van der Waals surface area contributed by atoms with Crippen molar-refractivity contribution in [2.75, 3.05) is 49.0 Å². The minimum atomic E-state index is 0.224. The number of thiophene rings is 1. The summed E-state index contributed by atoms with van der Waals surface area (Å²) in [6.45, 7) is 5.45. The molecule has 10 heteroatoms. The van der Waals surface area contributed by atoms with Crippen LogP contribution in [0, 0.1) is 0 Å². The van der Waals surface area contributed by atoms with Gasteiger partial charge in [0.15, 0.2) is 11.6 Å². The van der Waals surface area contributed by atoms with E-state index in [0.29, 0.717) is 25.6 Å². The van der Waals surface area contributed by atoms with Gasteiger partial charge in [-0.1, -0.05) is 12.1 Å². The summed E-state index contributed by atoms with van der Waals surface area (Å²) >= 11 is 1.68. The lowest BCUT2D eigenvalue weighted by molar-refractivity contribution is 0.122. The van der Waals surface area contributed by atoms with E-state index >= 15 is 0 Å². The second-order valence-electron chi connectivity index (χ2n) is 7.24. The first-order chi connectivity index (χ1) is 15.7. The molecule has 4 heterocycles. The Morgan fingerprint density at radius 2 is 1.94 bits per heavy atom. The molecule has 164 valence electrons. The highest BCUT2D eigenvalue weighted by molar-refractivity contribution is 7.22. The van der Waals surface area contributed by atoms with Gasteiger partial charge in [-0.3, -0.25) is 10.3 Å². The monoisotopic (exact) mass is 449 g/mol. The number of benzene rings is 1. The molecule has 32 heavy (non-hydrogen) atoms. The maximum absolute atomic E-state index is 5.65. The topological polar surface area (TPSA) is 111 Å². The number of nitrogens with one attached hydrogen (secondary N) is 1. The average Bonchev–Trinajstić information content (AvgIpc) is 3.28. The number of morpholine rings is 1. The van der Waals surface area contributed by atoms with Crippen LogP contribution in [-0.4, -0.2) is 52.8 Å². The number of nitrogens with two attached hydrogens (primary N) is 1. The van der Waals surface area contributed by atoms with Gasteiger partial charge in [-0.15, -0.1) is 11.3 Å². The van der Waals surface area contributed by atoms with Crippen LogP contribution >= 0.6 is 11.3 Å². The molecule has 3 N–H and O–H groups in total. The number of hydrogen-bond acceptors (Lipinski definition) is 10. The first kappa shape index (κ1) is 20.6. The third kappa shape index (κ3) is 4.20. The summed E-state index contributed by atoms with van der Waals surface area (Å²) in [4.78, 5) is 26.6. The Hall–Kier alpha value is -3.34. The lowest BCUT2D eigenvalue weighted by Crippen LogP contribution is -2.36. The molecule has 1 fully saturated rings. The van der Waals surface area contributed by atoms with Crippen molar-refractivity contribution in [1.82, 2.24) is 19.9 Å². The zero-order valence-corrected chi connectivity index (χ0v) is 18.4. The Morgan fingerprint density at radius 1 is 1.12 bits per heavy atom. The van der Waals surface area contributed by atoms with Crippen molar-refractivity contribution < 1.29 is 9.57 Å². The Labute approximate surface area is 189 Å². The summed E-state index contributed by atoms with van der Waals surface area (Å²) in [6.07, 6.45) is 3.31. The standard InChI is InChI=1S/C22H23N7O2S/c1-2-31-28-16-5-3-4-14(10-16)18-11-17-19(32-18)21(29-6-8-30-9-7-29)27-20(26-17)15-12-24-22(23)25-13-15/h3-5,10-13,28H,2,6-9H2,1H3,(H2,23,24,25). The van der Waals surface area contributed by atoms with Crippen molar-refractivity contribution in [3.8, 4) is 21.8 Å². The van der Waals surface area contributed by atoms with Gasteiger partial charge in [0.05, 0.1) is 41.3 Å². The molecule has 0 spiro atoms. The summed E-state index contributed by atoms with van der Waals surface area (Å²) < 4.78 is 6.59. The summed E-state index contributed by atoms with van der Waals surface area (Å²) in [5, 5.41) is 0. The van der Waals surface area contributed by atoms with E-state index in [1.54, 1.807) is 23.7 Å². The molecule has 0 aliphatic carbocycles. The smallest absolute Gasteiger partial charge is 0.219 e. The van der Waals surface area contributed by atoms with E-state index in [-0.39, 0.29) is 5.95 Å². The van der Waals surface area contributed by atoms with Gasteiger partial charge in [0.2, 0.25) is 5.95 Å². The van der Waals surface area contributed by atoms with E-state index < -0.39 is 0 Å². The Bertz CT molecular complexity index is 1220. The lowest BCUT2D eigenvalue weighted by Gasteiger charge is -2.28. The molecule has 1 aliphatic rings. The predicted molar refractivity (Wildman–Crippen MR) is 127 cm³/mol. The van der Waals surface area contributed by atoms with Crippen molar-refractivity contribution in [3.05, 3.63) is 42.7 Å². The Balaban J connectivity index is 1.61. The third-order valence-corrected chi connectivity index (χ3v) is 6.25. The lowest BCUT2D eigenvalue weighted by atomic mass is 10.1. The molecular formula is C22H23N7O2S. The van der Waals surface area contributed by atoms with Crippen LogP contribution in [0.5, 0.6) is 0 Å². The predicted octanol–water partition coefficient (Wildman–Crippen LogP) is 3.60. The number of fused-ring (bicyclic) bond motifs is 1. The number of nitrogen functional groups attached to an aromatic ring is 1. The minimum Gasteiger partial charge on any atom is -0.378 e. The number of ether oxygens (including phenoxy) is 1. The summed E-state index contributed by atoms with van der Waals surface area (Å²) in [5.41, 5.74) is 12.2. The van der Waals surface area contributed by atoms with Crippen molar-refractivity contribution in [2.24, 2.45) is 0 Å². The second-order valence-corrected chi connectivity index (χ2v) is 8.29. The molecular weight excluding hydrogens is 426 g/mol. The third-order valence-electron chi connectivity index (χ3n) is 5.08. The van der Waals surface area contributed by atoms with E-state index in [9.17, 15) is 0 Å². The first-order valence-corrected chi connectivity index (χ1v) is 11.2. The van der Waals surface area contributed by atoms with E-state index in [0.717, 1.165) is 50.8 Å². The molecule has 9 nitrogen and oxygen atoms in total. The zero-order chi connectivity index (χ0) is 21.9. The van der Waals surface area contributed by atoms with E-state index in [1.165, 1.54) is 0 Å². The van der Waals surface area contributed by atoms with Crippen LogP contribution in [0.25, 0.3) is 32.0 Å². The Morgan fingerprint density at radius 3 is 2.72 bits per heavy atom. The minimum absolute atomic E-state index is 0.224. The first-order valence-electron chi connectivity index (χ1n) is 10.4. The van der Waals surface area contributed by atoms with Crippen molar-refractivity contribution in [3.63, 3.8) is 0 Å².